The Morgan fingerprint density at radius 1 is 0.762 bits per heavy atom. The van der Waals surface area contributed by atoms with E-state index in [1.54, 1.807) is 0 Å². The lowest BCUT2D eigenvalue weighted by atomic mass is 9.93. The van der Waals surface area contributed by atoms with Crippen molar-refractivity contribution >= 4 is 5.78 Å². The Balaban J connectivity index is 2.17. The third-order valence-electron chi connectivity index (χ3n) is 4.11. The van der Waals surface area contributed by atoms with Gasteiger partial charge in [-0.05, 0) is 62.4 Å². The molecule has 0 atom stereocenters. The highest BCUT2D eigenvalue weighted by Crippen LogP contribution is 2.19. The van der Waals surface area contributed by atoms with Gasteiger partial charge in [-0.15, -0.1) is 0 Å². The van der Waals surface area contributed by atoms with Crippen LogP contribution in [0.4, 0.5) is 0 Å². The first-order valence-corrected chi connectivity index (χ1v) is 7.51. The zero-order valence-electron chi connectivity index (χ0n) is 13.7. The largest absolute Gasteiger partial charge is 0.299 e. The van der Waals surface area contributed by atoms with Crippen LogP contribution in [0.5, 0.6) is 0 Å². The minimum Gasteiger partial charge on any atom is -0.299 e. The Labute approximate surface area is 128 Å². The molecule has 0 bridgehead atoms. The molecule has 2 rings (SSSR count). The first kappa shape index (κ1) is 15.5. The molecule has 110 valence electrons. The van der Waals surface area contributed by atoms with E-state index in [2.05, 4.69) is 65.0 Å². The molecule has 0 radical (unpaired) electrons. The van der Waals surface area contributed by atoms with Gasteiger partial charge in [-0.2, -0.15) is 0 Å². The molecule has 0 spiro atoms. The summed E-state index contributed by atoms with van der Waals surface area (Å²) in [4.78, 5) is 12.4. The predicted molar refractivity (Wildman–Crippen MR) is 89.0 cm³/mol. The van der Waals surface area contributed by atoms with Crippen LogP contribution in [-0.2, 0) is 17.6 Å². The first-order valence-electron chi connectivity index (χ1n) is 7.51. The second kappa shape index (κ2) is 6.26. The van der Waals surface area contributed by atoms with Gasteiger partial charge in [0.2, 0.25) is 0 Å². The van der Waals surface area contributed by atoms with Crippen molar-refractivity contribution in [2.75, 3.05) is 0 Å². The van der Waals surface area contributed by atoms with Gasteiger partial charge in [0.25, 0.3) is 0 Å². The SMILES string of the molecule is Cc1cc(C)c(CC(=O)Cc2cc(C)ccc2C)c(C)c1. The Kier molecular flexibility index (Phi) is 4.62. The van der Waals surface area contributed by atoms with Crippen LogP contribution in [0.15, 0.2) is 30.3 Å². The lowest BCUT2D eigenvalue weighted by molar-refractivity contribution is -0.117. The molecule has 0 saturated heterocycles. The summed E-state index contributed by atoms with van der Waals surface area (Å²) in [5.74, 6) is 0.291. The average Bonchev–Trinajstić information content (AvgIpc) is 2.38. The Bertz CT molecular complexity index is 657. The van der Waals surface area contributed by atoms with Crippen LogP contribution in [0, 0.1) is 34.6 Å². The predicted octanol–water partition coefficient (Wildman–Crippen LogP) is 4.58. The van der Waals surface area contributed by atoms with Crippen molar-refractivity contribution in [2.24, 2.45) is 0 Å². The molecule has 0 amide bonds. The van der Waals surface area contributed by atoms with Crippen LogP contribution < -0.4 is 0 Å². The van der Waals surface area contributed by atoms with Crippen molar-refractivity contribution in [3.63, 3.8) is 0 Å². The molecule has 0 aliphatic rings. The van der Waals surface area contributed by atoms with Crippen molar-refractivity contribution in [2.45, 2.75) is 47.5 Å². The zero-order chi connectivity index (χ0) is 15.6. The smallest absolute Gasteiger partial charge is 0.141 e. The van der Waals surface area contributed by atoms with Crippen molar-refractivity contribution in [1.29, 1.82) is 0 Å². The van der Waals surface area contributed by atoms with Crippen LogP contribution in [0.25, 0.3) is 0 Å². The molecule has 0 unspecified atom stereocenters. The molecule has 0 fully saturated rings. The molecule has 0 aromatic heterocycles. The summed E-state index contributed by atoms with van der Waals surface area (Å²) in [5, 5.41) is 0. The van der Waals surface area contributed by atoms with E-state index in [0.29, 0.717) is 18.6 Å². The van der Waals surface area contributed by atoms with E-state index >= 15 is 0 Å². The summed E-state index contributed by atoms with van der Waals surface area (Å²) in [7, 11) is 0. The number of carbonyl (C=O) groups excluding carboxylic acids is 1. The maximum Gasteiger partial charge on any atom is 0.141 e. The lowest BCUT2D eigenvalue weighted by Gasteiger charge is -2.12. The third kappa shape index (κ3) is 3.81. The number of Topliss-reactive ketones (excluding diaryl/α,β-unsaturated/α-hetero) is 1. The number of aryl methyl sites for hydroxylation is 5. The van der Waals surface area contributed by atoms with Crippen LogP contribution in [0.1, 0.15) is 38.9 Å². The van der Waals surface area contributed by atoms with E-state index in [0.717, 1.165) is 5.56 Å². The highest BCUT2D eigenvalue weighted by Gasteiger charge is 2.11. The summed E-state index contributed by atoms with van der Waals surface area (Å²) in [6.07, 6.45) is 1.06. The molecule has 0 aliphatic heterocycles. The second-order valence-electron chi connectivity index (χ2n) is 6.20. The highest BCUT2D eigenvalue weighted by molar-refractivity contribution is 5.84. The van der Waals surface area contributed by atoms with Crippen molar-refractivity contribution in [3.8, 4) is 0 Å². The van der Waals surface area contributed by atoms with Gasteiger partial charge in [-0.3, -0.25) is 4.79 Å². The Morgan fingerprint density at radius 3 is 2.00 bits per heavy atom. The van der Waals surface area contributed by atoms with Crippen LogP contribution in [0.2, 0.25) is 0 Å². The third-order valence-corrected chi connectivity index (χ3v) is 4.11. The van der Waals surface area contributed by atoms with Crippen molar-refractivity contribution in [1.82, 2.24) is 0 Å². The Morgan fingerprint density at radius 2 is 1.38 bits per heavy atom. The quantitative estimate of drug-likeness (QED) is 0.801. The summed E-state index contributed by atoms with van der Waals surface area (Å²) in [6, 6.07) is 10.6. The van der Waals surface area contributed by atoms with E-state index < -0.39 is 0 Å². The van der Waals surface area contributed by atoms with Crippen molar-refractivity contribution < 1.29 is 4.79 Å². The second-order valence-corrected chi connectivity index (χ2v) is 6.20. The fourth-order valence-electron chi connectivity index (χ4n) is 2.95. The standard InChI is InChI=1S/C20H24O/c1-13-6-7-15(3)18(10-13)11-19(21)12-20-16(4)8-14(2)9-17(20)5/h6-10H,11-12H2,1-5H3. The van der Waals surface area contributed by atoms with Gasteiger partial charge in [0.1, 0.15) is 5.78 Å². The number of rotatable bonds is 4. The van der Waals surface area contributed by atoms with E-state index in [1.165, 1.54) is 33.4 Å². The number of ketones is 1. The average molecular weight is 280 g/mol. The highest BCUT2D eigenvalue weighted by atomic mass is 16.1. The number of carbonyl (C=O) groups is 1. The number of hydrogen-bond acceptors (Lipinski definition) is 1. The molecule has 1 nitrogen and oxygen atoms in total. The maximum atomic E-state index is 12.4. The minimum absolute atomic E-state index is 0.291. The van der Waals surface area contributed by atoms with E-state index in [1.807, 2.05) is 0 Å². The molecule has 0 heterocycles. The molecule has 0 N–H and O–H groups in total. The minimum atomic E-state index is 0.291. The fourth-order valence-corrected chi connectivity index (χ4v) is 2.95. The van der Waals surface area contributed by atoms with Crippen LogP contribution >= 0.6 is 0 Å². The monoisotopic (exact) mass is 280 g/mol. The van der Waals surface area contributed by atoms with Gasteiger partial charge < -0.3 is 0 Å². The van der Waals surface area contributed by atoms with Gasteiger partial charge in [0.05, 0.1) is 0 Å². The number of hydrogen-bond donors (Lipinski definition) is 0. The molecular weight excluding hydrogens is 256 g/mol. The summed E-state index contributed by atoms with van der Waals surface area (Å²) >= 11 is 0. The first-order chi connectivity index (χ1) is 9.86. The summed E-state index contributed by atoms with van der Waals surface area (Å²) in [5.41, 5.74) is 8.47. The molecule has 2 aromatic rings. The number of benzene rings is 2. The molecule has 21 heavy (non-hydrogen) atoms. The normalized spacial score (nSPS) is 10.7. The van der Waals surface area contributed by atoms with Gasteiger partial charge in [0.15, 0.2) is 0 Å². The zero-order valence-corrected chi connectivity index (χ0v) is 13.7. The molecular formula is C20H24O. The van der Waals surface area contributed by atoms with Gasteiger partial charge >= 0.3 is 0 Å². The van der Waals surface area contributed by atoms with Gasteiger partial charge in [0, 0.05) is 12.8 Å². The van der Waals surface area contributed by atoms with E-state index in [4.69, 9.17) is 0 Å². The molecule has 1 heteroatoms. The van der Waals surface area contributed by atoms with Gasteiger partial charge in [-0.25, -0.2) is 0 Å². The van der Waals surface area contributed by atoms with Crippen LogP contribution in [-0.4, -0.2) is 5.78 Å². The Hall–Kier alpha value is -1.89. The van der Waals surface area contributed by atoms with E-state index in [-0.39, 0.29) is 0 Å². The van der Waals surface area contributed by atoms with E-state index in [9.17, 15) is 4.79 Å². The topological polar surface area (TPSA) is 17.1 Å². The molecule has 0 saturated carbocycles. The molecule has 2 aromatic carbocycles. The summed E-state index contributed by atoms with van der Waals surface area (Å²) < 4.78 is 0. The molecule has 0 aliphatic carbocycles. The summed E-state index contributed by atoms with van der Waals surface area (Å²) in [6.45, 7) is 10.4. The van der Waals surface area contributed by atoms with Crippen molar-refractivity contribution in [3.05, 3.63) is 69.3 Å². The van der Waals surface area contributed by atoms with Crippen LogP contribution in [0.3, 0.4) is 0 Å². The van der Waals surface area contributed by atoms with Gasteiger partial charge in [-0.1, -0.05) is 41.5 Å². The fraction of sp³-hybridized carbons (Fsp3) is 0.350. The maximum absolute atomic E-state index is 12.4. The lowest BCUT2D eigenvalue weighted by Crippen LogP contribution is -2.10.